The Hall–Kier alpha value is -2.08. The summed E-state index contributed by atoms with van der Waals surface area (Å²) < 4.78 is 12.1. The zero-order chi connectivity index (χ0) is 35.3. The van der Waals surface area contributed by atoms with E-state index in [-0.39, 0.29) is 38.7 Å². The average Bonchev–Trinajstić information content (AvgIpc) is 3.54. The van der Waals surface area contributed by atoms with Crippen LogP contribution in [0.5, 0.6) is 0 Å². The minimum atomic E-state index is -0.888. The molecule has 0 saturated heterocycles. The van der Waals surface area contributed by atoms with Gasteiger partial charge in [-0.05, 0) is 150 Å². The van der Waals surface area contributed by atoms with Crippen LogP contribution in [-0.4, -0.2) is 27.9 Å². The monoisotopic (exact) mass is 663 g/mol. The lowest BCUT2D eigenvalue weighted by molar-refractivity contribution is -0.252. The van der Waals surface area contributed by atoms with Crippen LogP contribution in [0.25, 0.3) is 0 Å². The maximum Gasteiger partial charge on any atom is 0.309 e. The SMILES string of the molecule is C=C(CC(C)(C)C(=O)O)OC1CCC2(C)[C@H]3CCC4[C@@]5(N)[C@H](C(=C)C)CCC5(CCc5cc(C)on5)CC[C@@]4(C)C3(C)CC[C@H]2C1(C)C. The first kappa shape index (κ1) is 35.7. The molecule has 0 aliphatic heterocycles. The number of carbonyl (C=O) groups is 1. The molecule has 0 bridgehead atoms. The van der Waals surface area contributed by atoms with E-state index in [4.69, 9.17) is 15.0 Å². The highest BCUT2D eigenvalue weighted by molar-refractivity contribution is 5.73. The summed E-state index contributed by atoms with van der Waals surface area (Å²) >= 11 is 0. The van der Waals surface area contributed by atoms with Crippen molar-refractivity contribution in [2.24, 2.45) is 61.9 Å². The molecule has 1 aromatic rings. The highest BCUT2D eigenvalue weighted by Crippen LogP contribution is 2.78. The van der Waals surface area contributed by atoms with Gasteiger partial charge in [0.2, 0.25) is 0 Å². The number of aliphatic carboxylic acids is 1. The summed E-state index contributed by atoms with van der Waals surface area (Å²) in [7, 11) is 0. The molecule has 1 heterocycles. The molecule has 6 nitrogen and oxygen atoms in total. The first-order valence-electron chi connectivity index (χ1n) is 19.1. The van der Waals surface area contributed by atoms with Crippen LogP contribution in [0, 0.1) is 63.1 Å². The van der Waals surface area contributed by atoms with E-state index in [9.17, 15) is 9.90 Å². The number of allylic oxidation sites excluding steroid dienone is 1. The van der Waals surface area contributed by atoms with Gasteiger partial charge in [-0.25, -0.2) is 0 Å². The summed E-state index contributed by atoms with van der Waals surface area (Å²) in [5.41, 5.74) is 9.96. The number of aromatic nitrogens is 1. The molecule has 5 fully saturated rings. The van der Waals surface area contributed by atoms with Crippen molar-refractivity contribution < 1.29 is 19.2 Å². The molecule has 5 saturated carbocycles. The molecule has 0 amide bonds. The Bertz CT molecular complexity index is 1460. The lowest BCUT2D eigenvalue weighted by Crippen LogP contribution is -2.73. The number of nitrogens with zero attached hydrogens (tertiary/aromatic N) is 1. The van der Waals surface area contributed by atoms with Gasteiger partial charge in [0.25, 0.3) is 0 Å². The summed E-state index contributed by atoms with van der Waals surface area (Å²) in [6.07, 6.45) is 14.2. The third-order valence-corrected chi connectivity index (χ3v) is 16.6. The summed E-state index contributed by atoms with van der Waals surface area (Å²) in [6.45, 7) is 29.3. The molecule has 0 radical (unpaired) electrons. The highest BCUT2D eigenvalue weighted by atomic mass is 16.5. The van der Waals surface area contributed by atoms with Crippen molar-refractivity contribution in [3.8, 4) is 0 Å². The van der Waals surface area contributed by atoms with E-state index in [0.29, 0.717) is 35.9 Å². The Labute approximate surface area is 291 Å². The van der Waals surface area contributed by atoms with Gasteiger partial charge >= 0.3 is 5.97 Å². The zero-order valence-corrected chi connectivity index (χ0v) is 31.8. The summed E-state index contributed by atoms with van der Waals surface area (Å²) in [4.78, 5) is 11.8. The van der Waals surface area contributed by atoms with Crippen molar-refractivity contribution in [2.45, 2.75) is 157 Å². The van der Waals surface area contributed by atoms with E-state index in [1.807, 2.05) is 6.92 Å². The molecule has 0 aromatic carbocycles. The molecule has 5 aliphatic rings. The fourth-order valence-corrected chi connectivity index (χ4v) is 13.9. The van der Waals surface area contributed by atoms with E-state index in [1.165, 1.54) is 50.5 Å². The van der Waals surface area contributed by atoms with Gasteiger partial charge in [0, 0.05) is 23.4 Å². The fourth-order valence-electron chi connectivity index (χ4n) is 13.9. The lowest BCUT2D eigenvalue weighted by atomic mass is 9.31. The lowest BCUT2D eigenvalue weighted by Gasteiger charge is -2.74. The molecule has 5 unspecified atom stereocenters. The first-order valence-corrected chi connectivity index (χ1v) is 19.1. The molecular weight excluding hydrogens is 596 g/mol. The molecule has 6 rings (SSSR count). The van der Waals surface area contributed by atoms with Gasteiger partial charge < -0.3 is 20.1 Å². The first-order chi connectivity index (χ1) is 22.2. The minimum Gasteiger partial charge on any atom is -0.495 e. The van der Waals surface area contributed by atoms with E-state index in [2.05, 4.69) is 65.9 Å². The quantitative estimate of drug-likeness (QED) is 0.202. The Balaban J connectivity index is 1.28. The number of fused-ring (bicyclic) bond motifs is 7. The molecular formula is C42H66N2O4. The number of carboxylic acid groups (broad SMARTS) is 1. The number of hydrogen-bond acceptors (Lipinski definition) is 5. The highest BCUT2D eigenvalue weighted by Gasteiger charge is 2.74. The van der Waals surface area contributed by atoms with Crippen molar-refractivity contribution in [1.29, 1.82) is 0 Å². The number of carboxylic acids is 1. The molecule has 48 heavy (non-hydrogen) atoms. The Kier molecular flexibility index (Phi) is 8.54. The van der Waals surface area contributed by atoms with Gasteiger partial charge in [-0.3, -0.25) is 4.79 Å². The smallest absolute Gasteiger partial charge is 0.309 e. The normalized spacial score (nSPS) is 43.3. The van der Waals surface area contributed by atoms with Gasteiger partial charge in [-0.15, -0.1) is 0 Å². The van der Waals surface area contributed by atoms with Crippen LogP contribution in [0.3, 0.4) is 0 Å². The van der Waals surface area contributed by atoms with Gasteiger partial charge in [0.15, 0.2) is 0 Å². The maximum absolute atomic E-state index is 11.8. The van der Waals surface area contributed by atoms with Gasteiger partial charge in [-0.1, -0.05) is 58.5 Å². The molecule has 5 aliphatic carbocycles. The van der Waals surface area contributed by atoms with E-state index < -0.39 is 11.4 Å². The van der Waals surface area contributed by atoms with Gasteiger partial charge in [0.05, 0.1) is 16.9 Å². The second kappa shape index (κ2) is 11.5. The summed E-state index contributed by atoms with van der Waals surface area (Å²) in [6, 6.07) is 2.10. The third-order valence-electron chi connectivity index (χ3n) is 16.6. The molecule has 10 atom stereocenters. The Morgan fingerprint density at radius 3 is 2.27 bits per heavy atom. The van der Waals surface area contributed by atoms with E-state index in [1.54, 1.807) is 13.8 Å². The standard InChI is InChI=1S/C42H66N2O4/c1-26(2)30-15-21-41(20-14-29-24-27(3)48-44-29)23-22-40(11)33(42(30,41)43)13-12-32-38(9)18-17-34(47-28(4)25-36(5,6)35(45)46)37(7,8)31(38)16-19-39(32,40)10/h24,30-34H,1,4,12-23,25,43H2,2-3,5-11H3,(H,45,46)/t30-,31-,32+,33?,34?,38?,39?,40+,41?,42-/m0/s1. The van der Waals surface area contributed by atoms with Crippen LogP contribution >= 0.6 is 0 Å². The predicted molar refractivity (Wildman–Crippen MR) is 192 cm³/mol. The van der Waals surface area contributed by atoms with Crippen LogP contribution in [0.1, 0.15) is 144 Å². The van der Waals surface area contributed by atoms with Crippen molar-refractivity contribution in [1.82, 2.24) is 5.16 Å². The van der Waals surface area contributed by atoms with E-state index in [0.717, 1.165) is 43.6 Å². The largest absolute Gasteiger partial charge is 0.495 e. The second-order valence-electron chi connectivity index (χ2n) is 19.6. The van der Waals surface area contributed by atoms with Crippen molar-refractivity contribution in [2.75, 3.05) is 0 Å². The van der Waals surface area contributed by atoms with Gasteiger partial charge in [-0.2, -0.15) is 0 Å². The van der Waals surface area contributed by atoms with Crippen LogP contribution < -0.4 is 5.73 Å². The number of rotatable bonds is 9. The summed E-state index contributed by atoms with van der Waals surface area (Å²) in [5.74, 6) is 2.69. The number of hydrogen-bond donors (Lipinski definition) is 2. The van der Waals surface area contributed by atoms with Crippen molar-refractivity contribution in [3.05, 3.63) is 42.0 Å². The fraction of sp³-hybridized carbons (Fsp3) is 0.810. The van der Waals surface area contributed by atoms with Crippen LogP contribution in [0.4, 0.5) is 0 Å². The Morgan fingerprint density at radius 1 is 0.979 bits per heavy atom. The maximum atomic E-state index is 11.8. The molecule has 6 heteroatoms. The van der Waals surface area contributed by atoms with Gasteiger partial charge in [0.1, 0.15) is 11.9 Å². The molecule has 3 N–H and O–H groups in total. The zero-order valence-electron chi connectivity index (χ0n) is 31.8. The van der Waals surface area contributed by atoms with Crippen molar-refractivity contribution >= 4 is 5.97 Å². The second-order valence-corrected chi connectivity index (χ2v) is 19.6. The van der Waals surface area contributed by atoms with Crippen LogP contribution in [0.15, 0.2) is 35.1 Å². The molecule has 268 valence electrons. The third kappa shape index (κ3) is 4.94. The van der Waals surface area contributed by atoms with Crippen LogP contribution in [-0.2, 0) is 16.0 Å². The topological polar surface area (TPSA) is 98.6 Å². The number of aryl methyl sites for hydroxylation is 2. The molecule has 1 aromatic heterocycles. The van der Waals surface area contributed by atoms with E-state index >= 15 is 0 Å². The van der Waals surface area contributed by atoms with Crippen molar-refractivity contribution in [3.63, 3.8) is 0 Å². The molecule has 0 spiro atoms. The van der Waals surface area contributed by atoms with Crippen LogP contribution in [0.2, 0.25) is 0 Å². The number of nitrogens with two attached hydrogens (primary N) is 1. The average molecular weight is 663 g/mol. The predicted octanol–water partition coefficient (Wildman–Crippen LogP) is 10.1. The summed E-state index contributed by atoms with van der Waals surface area (Å²) in [5, 5.41) is 14.1. The minimum absolute atomic E-state index is 0.0326. The Morgan fingerprint density at radius 2 is 1.65 bits per heavy atom. The number of ether oxygens (including phenoxy) is 1.